The predicted octanol–water partition coefficient (Wildman–Crippen LogP) is 2.27. The van der Waals surface area contributed by atoms with E-state index in [1.807, 2.05) is 32.0 Å². The number of anilines is 1. The molecular weight excluding hydrogens is 228 g/mol. The van der Waals surface area contributed by atoms with Gasteiger partial charge < -0.3 is 10.1 Å². The quantitative estimate of drug-likeness (QED) is 0.874. The van der Waals surface area contributed by atoms with E-state index in [0.717, 1.165) is 11.4 Å². The van der Waals surface area contributed by atoms with E-state index >= 15 is 0 Å². The first-order valence-corrected chi connectivity index (χ1v) is 5.86. The number of nitrogens with zero attached hydrogens (tertiary/aromatic N) is 3. The fraction of sp³-hybridized carbons (Fsp3) is 0.308. The summed E-state index contributed by atoms with van der Waals surface area (Å²) in [6.45, 7) is 4.56. The van der Waals surface area contributed by atoms with Gasteiger partial charge in [-0.15, -0.1) is 0 Å². The van der Waals surface area contributed by atoms with Crippen LogP contribution in [0.2, 0.25) is 0 Å². The van der Waals surface area contributed by atoms with Gasteiger partial charge in [-0.1, -0.05) is 0 Å². The molecule has 5 nitrogen and oxygen atoms in total. The summed E-state index contributed by atoms with van der Waals surface area (Å²) in [5.74, 6) is 0.613. The highest BCUT2D eigenvalue weighted by Crippen LogP contribution is 2.22. The van der Waals surface area contributed by atoms with Crippen molar-refractivity contribution in [2.45, 2.75) is 26.5 Å². The number of rotatable bonds is 5. The average molecular weight is 244 g/mol. The van der Waals surface area contributed by atoms with Crippen molar-refractivity contribution in [3.8, 4) is 5.88 Å². The number of ether oxygens (including phenoxy) is 1. The topological polar surface area (TPSA) is 59.9 Å². The lowest BCUT2D eigenvalue weighted by atomic mass is 10.3. The summed E-state index contributed by atoms with van der Waals surface area (Å²) >= 11 is 0. The average Bonchev–Trinajstić information content (AvgIpc) is 2.38. The Bertz CT molecular complexity index is 487. The van der Waals surface area contributed by atoms with E-state index in [1.54, 1.807) is 12.4 Å². The standard InChI is InChI=1S/C13H16N4O/c1-10(2)18-13-12(4-3-6-15-13)16-8-11-5-7-14-9-17-11/h3-7,9-10,16H,8H2,1-2H3. The lowest BCUT2D eigenvalue weighted by Crippen LogP contribution is -2.10. The molecule has 0 atom stereocenters. The first kappa shape index (κ1) is 12.3. The van der Waals surface area contributed by atoms with Crippen molar-refractivity contribution in [1.82, 2.24) is 15.0 Å². The third-order valence-electron chi connectivity index (χ3n) is 2.22. The zero-order valence-electron chi connectivity index (χ0n) is 10.5. The highest BCUT2D eigenvalue weighted by Gasteiger charge is 2.06. The predicted molar refractivity (Wildman–Crippen MR) is 69.4 cm³/mol. The van der Waals surface area contributed by atoms with Gasteiger partial charge in [0, 0.05) is 12.4 Å². The molecular formula is C13H16N4O. The minimum Gasteiger partial charge on any atom is -0.473 e. The molecule has 0 fully saturated rings. The highest BCUT2D eigenvalue weighted by atomic mass is 16.5. The van der Waals surface area contributed by atoms with E-state index in [9.17, 15) is 0 Å². The van der Waals surface area contributed by atoms with Crippen molar-refractivity contribution in [3.63, 3.8) is 0 Å². The van der Waals surface area contributed by atoms with Gasteiger partial charge in [-0.05, 0) is 32.0 Å². The molecule has 2 aromatic heterocycles. The molecule has 0 bridgehead atoms. The van der Waals surface area contributed by atoms with Crippen LogP contribution in [0, 0.1) is 0 Å². The maximum atomic E-state index is 5.63. The Hall–Kier alpha value is -2.17. The van der Waals surface area contributed by atoms with Crippen LogP contribution in [0.15, 0.2) is 36.9 Å². The van der Waals surface area contributed by atoms with Crippen LogP contribution in [-0.4, -0.2) is 21.1 Å². The second-order valence-corrected chi connectivity index (χ2v) is 4.08. The second kappa shape index (κ2) is 5.95. The van der Waals surface area contributed by atoms with Crippen LogP contribution < -0.4 is 10.1 Å². The SMILES string of the molecule is CC(C)Oc1ncccc1NCc1ccncn1. The van der Waals surface area contributed by atoms with Crippen molar-refractivity contribution in [2.24, 2.45) is 0 Å². The molecule has 0 aliphatic rings. The third-order valence-corrected chi connectivity index (χ3v) is 2.22. The molecule has 2 heterocycles. The number of hydrogen-bond donors (Lipinski definition) is 1. The summed E-state index contributed by atoms with van der Waals surface area (Å²) in [5, 5.41) is 3.26. The van der Waals surface area contributed by atoms with Gasteiger partial charge in [0.1, 0.15) is 6.33 Å². The molecule has 0 aliphatic heterocycles. The Morgan fingerprint density at radius 2 is 2.11 bits per heavy atom. The van der Waals surface area contributed by atoms with Crippen LogP contribution in [0.1, 0.15) is 19.5 Å². The number of nitrogens with one attached hydrogen (secondary N) is 1. The fourth-order valence-electron chi connectivity index (χ4n) is 1.45. The van der Waals surface area contributed by atoms with E-state index < -0.39 is 0 Å². The van der Waals surface area contributed by atoms with E-state index in [0.29, 0.717) is 12.4 Å². The molecule has 18 heavy (non-hydrogen) atoms. The van der Waals surface area contributed by atoms with Crippen molar-refractivity contribution in [3.05, 3.63) is 42.6 Å². The second-order valence-electron chi connectivity index (χ2n) is 4.08. The van der Waals surface area contributed by atoms with Gasteiger partial charge >= 0.3 is 0 Å². The van der Waals surface area contributed by atoms with Gasteiger partial charge in [-0.3, -0.25) is 0 Å². The van der Waals surface area contributed by atoms with Crippen LogP contribution in [0.5, 0.6) is 5.88 Å². The molecule has 1 N–H and O–H groups in total. The zero-order valence-corrected chi connectivity index (χ0v) is 10.5. The molecule has 2 rings (SSSR count). The van der Waals surface area contributed by atoms with Gasteiger partial charge in [0.25, 0.3) is 0 Å². The first-order valence-electron chi connectivity index (χ1n) is 5.86. The van der Waals surface area contributed by atoms with Crippen molar-refractivity contribution < 1.29 is 4.74 Å². The molecule has 0 amide bonds. The summed E-state index contributed by atoms with van der Waals surface area (Å²) < 4.78 is 5.63. The number of aromatic nitrogens is 3. The van der Waals surface area contributed by atoms with Gasteiger partial charge in [0.05, 0.1) is 24.0 Å². The van der Waals surface area contributed by atoms with Crippen LogP contribution in [0.3, 0.4) is 0 Å². The normalized spacial score (nSPS) is 10.4. The molecule has 0 saturated heterocycles. The van der Waals surface area contributed by atoms with Crippen LogP contribution in [0.4, 0.5) is 5.69 Å². The molecule has 5 heteroatoms. The van der Waals surface area contributed by atoms with E-state index in [1.165, 1.54) is 6.33 Å². The van der Waals surface area contributed by atoms with Gasteiger partial charge in [0.15, 0.2) is 0 Å². The van der Waals surface area contributed by atoms with Gasteiger partial charge in [-0.25, -0.2) is 15.0 Å². The zero-order chi connectivity index (χ0) is 12.8. The molecule has 0 unspecified atom stereocenters. The fourth-order valence-corrected chi connectivity index (χ4v) is 1.45. The Morgan fingerprint density at radius 1 is 1.22 bits per heavy atom. The summed E-state index contributed by atoms with van der Waals surface area (Å²) in [6.07, 6.45) is 5.07. The minimum absolute atomic E-state index is 0.0968. The summed E-state index contributed by atoms with van der Waals surface area (Å²) in [6, 6.07) is 5.67. The highest BCUT2D eigenvalue weighted by molar-refractivity contribution is 5.52. The van der Waals surface area contributed by atoms with Gasteiger partial charge in [-0.2, -0.15) is 0 Å². The Morgan fingerprint density at radius 3 is 2.83 bits per heavy atom. The first-order chi connectivity index (χ1) is 8.75. The molecule has 0 aromatic carbocycles. The molecule has 2 aromatic rings. The van der Waals surface area contributed by atoms with E-state index in [-0.39, 0.29) is 6.10 Å². The van der Waals surface area contributed by atoms with Crippen LogP contribution in [-0.2, 0) is 6.54 Å². The number of hydrogen-bond acceptors (Lipinski definition) is 5. The lowest BCUT2D eigenvalue weighted by Gasteiger charge is -2.13. The Kier molecular flexibility index (Phi) is 4.06. The Labute approximate surface area is 106 Å². The summed E-state index contributed by atoms with van der Waals surface area (Å²) in [7, 11) is 0. The lowest BCUT2D eigenvalue weighted by molar-refractivity contribution is 0.234. The number of pyridine rings is 1. The molecule has 0 radical (unpaired) electrons. The molecule has 0 saturated carbocycles. The summed E-state index contributed by atoms with van der Waals surface area (Å²) in [4.78, 5) is 12.2. The summed E-state index contributed by atoms with van der Waals surface area (Å²) in [5.41, 5.74) is 1.79. The van der Waals surface area contributed by atoms with Crippen LogP contribution in [0.25, 0.3) is 0 Å². The van der Waals surface area contributed by atoms with Gasteiger partial charge in [0.2, 0.25) is 5.88 Å². The maximum absolute atomic E-state index is 5.63. The van der Waals surface area contributed by atoms with Crippen LogP contribution >= 0.6 is 0 Å². The smallest absolute Gasteiger partial charge is 0.237 e. The molecule has 94 valence electrons. The van der Waals surface area contributed by atoms with Crippen molar-refractivity contribution in [1.29, 1.82) is 0 Å². The van der Waals surface area contributed by atoms with Crippen molar-refractivity contribution >= 4 is 5.69 Å². The monoisotopic (exact) mass is 244 g/mol. The van der Waals surface area contributed by atoms with E-state index in [2.05, 4.69) is 20.3 Å². The third kappa shape index (κ3) is 3.41. The maximum Gasteiger partial charge on any atom is 0.237 e. The minimum atomic E-state index is 0.0968. The largest absolute Gasteiger partial charge is 0.473 e. The molecule has 0 aliphatic carbocycles. The van der Waals surface area contributed by atoms with Crippen molar-refractivity contribution in [2.75, 3.05) is 5.32 Å². The van der Waals surface area contributed by atoms with E-state index in [4.69, 9.17) is 4.74 Å². The Balaban J connectivity index is 2.05. The molecule has 0 spiro atoms.